The summed E-state index contributed by atoms with van der Waals surface area (Å²) in [4.78, 5) is 8.45. The summed E-state index contributed by atoms with van der Waals surface area (Å²) < 4.78 is 1.75. The number of piperidine rings is 1. The molecule has 0 spiro atoms. The van der Waals surface area contributed by atoms with E-state index >= 15 is 0 Å². The molecule has 2 aromatic heterocycles. The Kier molecular flexibility index (Phi) is 3.10. The van der Waals surface area contributed by atoms with Crippen molar-refractivity contribution in [1.29, 1.82) is 0 Å². The number of hydrogen-bond acceptors (Lipinski definition) is 5. The van der Waals surface area contributed by atoms with Gasteiger partial charge in [0.25, 0.3) is 5.78 Å². The van der Waals surface area contributed by atoms with Gasteiger partial charge in [-0.3, -0.25) is 0 Å². The average molecular weight is 246 g/mol. The summed E-state index contributed by atoms with van der Waals surface area (Å²) in [6.45, 7) is 5.18. The topological polar surface area (TPSA) is 67.1 Å². The molecular formula is C12H18N6. The highest BCUT2D eigenvalue weighted by atomic mass is 15.3. The van der Waals surface area contributed by atoms with Crippen molar-refractivity contribution in [2.75, 3.05) is 25.0 Å². The van der Waals surface area contributed by atoms with E-state index in [9.17, 15) is 0 Å². The van der Waals surface area contributed by atoms with E-state index in [0.29, 0.717) is 11.7 Å². The molecular weight excluding hydrogens is 228 g/mol. The summed E-state index contributed by atoms with van der Waals surface area (Å²) in [5.74, 6) is 2.31. The Hall–Kier alpha value is -1.69. The van der Waals surface area contributed by atoms with E-state index in [1.165, 1.54) is 19.2 Å². The van der Waals surface area contributed by atoms with Crippen molar-refractivity contribution in [3.05, 3.63) is 18.1 Å². The van der Waals surface area contributed by atoms with Crippen LogP contribution in [0.4, 0.5) is 5.82 Å². The zero-order chi connectivity index (χ0) is 12.4. The van der Waals surface area contributed by atoms with Crippen LogP contribution in [0, 0.1) is 12.8 Å². The fourth-order valence-electron chi connectivity index (χ4n) is 2.40. The van der Waals surface area contributed by atoms with E-state index in [1.807, 2.05) is 13.0 Å². The van der Waals surface area contributed by atoms with Crippen LogP contribution in [0.15, 0.2) is 12.4 Å². The standard InChI is InChI=1S/C12H18N6/c1-9-5-11(18-12(17-9)15-8-16-18)14-7-10-3-2-4-13-6-10/h5,8,10,13-14H,2-4,6-7H2,1H3. The molecule has 0 saturated carbocycles. The van der Waals surface area contributed by atoms with E-state index in [2.05, 4.69) is 25.7 Å². The van der Waals surface area contributed by atoms with Gasteiger partial charge in [0, 0.05) is 18.3 Å². The summed E-state index contributed by atoms with van der Waals surface area (Å²) in [5, 5.41) is 11.1. The molecule has 6 heteroatoms. The van der Waals surface area contributed by atoms with Crippen LogP contribution in [0.3, 0.4) is 0 Å². The molecule has 2 N–H and O–H groups in total. The highest BCUT2D eigenvalue weighted by Crippen LogP contribution is 2.14. The number of aryl methyl sites for hydroxylation is 1. The maximum Gasteiger partial charge on any atom is 0.254 e. The molecule has 0 amide bonds. The molecule has 96 valence electrons. The number of hydrogen-bond donors (Lipinski definition) is 2. The maximum absolute atomic E-state index is 4.33. The van der Waals surface area contributed by atoms with E-state index in [4.69, 9.17) is 0 Å². The fraction of sp³-hybridized carbons (Fsp3) is 0.583. The molecule has 1 aliphatic heterocycles. The third kappa shape index (κ3) is 2.28. The molecule has 3 heterocycles. The zero-order valence-corrected chi connectivity index (χ0v) is 10.6. The van der Waals surface area contributed by atoms with Gasteiger partial charge in [-0.2, -0.15) is 14.6 Å². The van der Waals surface area contributed by atoms with Crippen molar-refractivity contribution >= 4 is 11.6 Å². The molecule has 1 fully saturated rings. The van der Waals surface area contributed by atoms with Crippen LogP contribution < -0.4 is 10.6 Å². The molecule has 6 nitrogen and oxygen atoms in total. The Bertz CT molecular complexity index is 528. The monoisotopic (exact) mass is 246 g/mol. The quantitative estimate of drug-likeness (QED) is 0.840. The minimum absolute atomic E-state index is 0.652. The lowest BCUT2D eigenvalue weighted by atomic mass is 10.00. The van der Waals surface area contributed by atoms with Gasteiger partial charge in [-0.1, -0.05) is 0 Å². The third-order valence-electron chi connectivity index (χ3n) is 3.35. The first-order valence-corrected chi connectivity index (χ1v) is 6.45. The molecule has 0 radical (unpaired) electrons. The van der Waals surface area contributed by atoms with Crippen molar-refractivity contribution in [2.45, 2.75) is 19.8 Å². The van der Waals surface area contributed by atoms with Gasteiger partial charge in [-0.05, 0) is 38.8 Å². The third-order valence-corrected chi connectivity index (χ3v) is 3.35. The predicted molar refractivity (Wildman–Crippen MR) is 69.6 cm³/mol. The number of nitrogens with one attached hydrogen (secondary N) is 2. The Morgan fingerprint density at radius 1 is 1.56 bits per heavy atom. The van der Waals surface area contributed by atoms with Crippen molar-refractivity contribution in [1.82, 2.24) is 24.9 Å². The lowest BCUT2D eigenvalue weighted by Gasteiger charge is -2.23. The van der Waals surface area contributed by atoms with Crippen LogP contribution in [0.1, 0.15) is 18.5 Å². The highest BCUT2D eigenvalue weighted by Gasteiger charge is 2.13. The number of rotatable bonds is 3. The fourth-order valence-corrected chi connectivity index (χ4v) is 2.40. The molecule has 3 rings (SSSR count). The Balaban J connectivity index is 1.75. The normalized spacial score (nSPS) is 20.2. The highest BCUT2D eigenvalue weighted by molar-refractivity contribution is 5.44. The summed E-state index contributed by atoms with van der Waals surface area (Å²) >= 11 is 0. The number of anilines is 1. The second-order valence-electron chi connectivity index (χ2n) is 4.85. The molecule has 1 atom stereocenters. The summed E-state index contributed by atoms with van der Waals surface area (Å²) in [5.41, 5.74) is 0.958. The summed E-state index contributed by atoms with van der Waals surface area (Å²) in [7, 11) is 0. The molecule has 1 unspecified atom stereocenters. The van der Waals surface area contributed by atoms with E-state index < -0.39 is 0 Å². The predicted octanol–water partition coefficient (Wildman–Crippen LogP) is 0.844. The smallest absolute Gasteiger partial charge is 0.254 e. The molecule has 0 bridgehead atoms. The zero-order valence-electron chi connectivity index (χ0n) is 10.6. The van der Waals surface area contributed by atoms with Crippen molar-refractivity contribution in [2.24, 2.45) is 5.92 Å². The van der Waals surface area contributed by atoms with E-state index in [-0.39, 0.29) is 0 Å². The van der Waals surface area contributed by atoms with Crippen LogP contribution in [-0.2, 0) is 0 Å². The molecule has 18 heavy (non-hydrogen) atoms. The first-order chi connectivity index (χ1) is 8.83. The molecule has 0 aromatic carbocycles. The second kappa shape index (κ2) is 4.89. The van der Waals surface area contributed by atoms with Crippen LogP contribution in [-0.4, -0.2) is 39.2 Å². The van der Waals surface area contributed by atoms with Crippen LogP contribution in [0.5, 0.6) is 0 Å². The first-order valence-electron chi connectivity index (χ1n) is 6.45. The van der Waals surface area contributed by atoms with Crippen molar-refractivity contribution < 1.29 is 0 Å². The van der Waals surface area contributed by atoms with Gasteiger partial charge >= 0.3 is 0 Å². The number of fused-ring (bicyclic) bond motifs is 1. The molecule has 2 aromatic rings. The Labute approximate surface area is 106 Å². The van der Waals surface area contributed by atoms with E-state index in [0.717, 1.165) is 31.1 Å². The lowest BCUT2D eigenvalue weighted by Crippen LogP contribution is -2.33. The number of nitrogens with zero attached hydrogens (tertiary/aromatic N) is 4. The van der Waals surface area contributed by atoms with Gasteiger partial charge in [0.1, 0.15) is 12.1 Å². The largest absolute Gasteiger partial charge is 0.370 e. The summed E-state index contributed by atoms with van der Waals surface area (Å²) in [6.07, 6.45) is 4.08. The van der Waals surface area contributed by atoms with E-state index in [1.54, 1.807) is 4.52 Å². The maximum atomic E-state index is 4.33. The summed E-state index contributed by atoms with van der Waals surface area (Å²) in [6, 6.07) is 2.01. The Morgan fingerprint density at radius 2 is 2.50 bits per heavy atom. The van der Waals surface area contributed by atoms with Crippen LogP contribution in [0.2, 0.25) is 0 Å². The van der Waals surface area contributed by atoms with Crippen LogP contribution in [0.25, 0.3) is 5.78 Å². The van der Waals surface area contributed by atoms with Crippen LogP contribution >= 0.6 is 0 Å². The van der Waals surface area contributed by atoms with Gasteiger partial charge in [-0.15, -0.1) is 0 Å². The lowest BCUT2D eigenvalue weighted by molar-refractivity contribution is 0.392. The minimum atomic E-state index is 0.652. The Morgan fingerprint density at radius 3 is 3.33 bits per heavy atom. The van der Waals surface area contributed by atoms with Crippen molar-refractivity contribution in [3.63, 3.8) is 0 Å². The number of aromatic nitrogens is 4. The van der Waals surface area contributed by atoms with Gasteiger partial charge in [0.2, 0.25) is 0 Å². The molecule has 0 aliphatic carbocycles. The minimum Gasteiger partial charge on any atom is -0.370 e. The molecule has 1 aliphatic rings. The van der Waals surface area contributed by atoms with Crippen molar-refractivity contribution in [3.8, 4) is 0 Å². The van der Waals surface area contributed by atoms with Gasteiger partial charge in [0.15, 0.2) is 0 Å². The average Bonchev–Trinajstić information content (AvgIpc) is 2.85. The first kappa shape index (κ1) is 11.4. The van der Waals surface area contributed by atoms with Gasteiger partial charge < -0.3 is 10.6 Å². The molecule has 1 saturated heterocycles. The van der Waals surface area contributed by atoms with Gasteiger partial charge in [-0.25, -0.2) is 4.98 Å². The SMILES string of the molecule is Cc1cc(NCC2CCCNC2)n2ncnc2n1. The second-order valence-corrected chi connectivity index (χ2v) is 4.85. The van der Waals surface area contributed by atoms with Gasteiger partial charge in [0.05, 0.1) is 0 Å².